The standard InChI is InChI=1S/C13H11BrN2/c14-12-8-6-11(7-9-12)10-15-16-13-4-2-1-3-5-13/h1-9H,10H2. The molecular weight excluding hydrogens is 264 g/mol. The Bertz CT molecular complexity index is 463. The summed E-state index contributed by atoms with van der Waals surface area (Å²) < 4.78 is 1.08. The number of rotatable bonds is 3. The average Bonchev–Trinajstić information content (AvgIpc) is 2.33. The minimum Gasteiger partial charge on any atom is -0.184 e. The molecular formula is C13H11BrN2. The smallest absolute Gasteiger partial charge is 0.0853 e. The maximum Gasteiger partial charge on any atom is 0.0853 e. The van der Waals surface area contributed by atoms with Crippen LogP contribution >= 0.6 is 15.9 Å². The lowest BCUT2D eigenvalue weighted by Crippen LogP contribution is -1.78. The summed E-state index contributed by atoms with van der Waals surface area (Å²) in [5.41, 5.74) is 2.04. The molecule has 0 atom stereocenters. The molecule has 0 aliphatic rings. The summed E-state index contributed by atoms with van der Waals surface area (Å²) in [7, 11) is 0. The number of hydrogen-bond donors (Lipinski definition) is 0. The van der Waals surface area contributed by atoms with Crippen molar-refractivity contribution >= 4 is 21.6 Å². The second kappa shape index (κ2) is 5.56. The summed E-state index contributed by atoms with van der Waals surface area (Å²) in [5, 5.41) is 8.29. The third-order valence-corrected chi connectivity index (χ3v) is 2.64. The first kappa shape index (κ1) is 11.0. The Balaban J connectivity index is 1.97. The Labute approximate surface area is 103 Å². The van der Waals surface area contributed by atoms with Crippen molar-refractivity contribution in [3.05, 3.63) is 64.6 Å². The second-order valence-corrected chi connectivity index (χ2v) is 4.28. The summed E-state index contributed by atoms with van der Waals surface area (Å²) >= 11 is 3.40. The van der Waals surface area contributed by atoms with E-state index in [4.69, 9.17) is 0 Å². The molecule has 0 saturated heterocycles. The van der Waals surface area contributed by atoms with Crippen LogP contribution in [0.2, 0.25) is 0 Å². The van der Waals surface area contributed by atoms with Gasteiger partial charge in [0, 0.05) is 4.47 Å². The van der Waals surface area contributed by atoms with E-state index in [2.05, 4.69) is 26.2 Å². The van der Waals surface area contributed by atoms with Crippen molar-refractivity contribution in [3.8, 4) is 0 Å². The zero-order valence-corrected chi connectivity index (χ0v) is 10.3. The van der Waals surface area contributed by atoms with Gasteiger partial charge in [-0.3, -0.25) is 0 Å². The van der Waals surface area contributed by atoms with E-state index >= 15 is 0 Å². The maximum absolute atomic E-state index is 4.15. The maximum atomic E-state index is 4.15. The molecule has 3 heteroatoms. The van der Waals surface area contributed by atoms with Gasteiger partial charge in [0.05, 0.1) is 12.2 Å². The molecule has 2 rings (SSSR count). The number of nitrogens with zero attached hydrogens (tertiary/aromatic N) is 2. The molecule has 0 saturated carbocycles. The van der Waals surface area contributed by atoms with Gasteiger partial charge in [-0.15, -0.1) is 0 Å². The SMILES string of the molecule is Brc1ccc(CN=Nc2ccccc2)cc1. The zero-order valence-electron chi connectivity index (χ0n) is 8.68. The van der Waals surface area contributed by atoms with Crippen LogP contribution in [0.4, 0.5) is 5.69 Å². The Hall–Kier alpha value is -1.48. The first-order valence-electron chi connectivity index (χ1n) is 5.01. The van der Waals surface area contributed by atoms with Gasteiger partial charge in [-0.2, -0.15) is 10.2 Å². The Morgan fingerprint density at radius 3 is 2.25 bits per heavy atom. The molecule has 80 valence electrons. The normalized spacial score (nSPS) is 10.8. The summed E-state index contributed by atoms with van der Waals surface area (Å²) in [4.78, 5) is 0. The predicted octanol–water partition coefficient (Wildman–Crippen LogP) is 4.73. The number of benzene rings is 2. The van der Waals surface area contributed by atoms with Gasteiger partial charge in [0.15, 0.2) is 0 Å². The molecule has 2 aromatic rings. The van der Waals surface area contributed by atoms with Gasteiger partial charge in [0.1, 0.15) is 0 Å². The first-order chi connectivity index (χ1) is 7.84. The Morgan fingerprint density at radius 2 is 1.56 bits per heavy atom. The molecule has 0 radical (unpaired) electrons. The van der Waals surface area contributed by atoms with E-state index in [1.807, 2.05) is 54.6 Å². The second-order valence-electron chi connectivity index (χ2n) is 3.36. The summed E-state index contributed by atoms with van der Waals surface area (Å²) in [5.74, 6) is 0. The van der Waals surface area contributed by atoms with Crippen molar-refractivity contribution in [1.82, 2.24) is 0 Å². The van der Waals surface area contributed by atoms with Crippen molar-refractivity contribution in [1.29, 1.82) is 0 Å². The molecule has 0 N–H and O–H groups in total. The Kier molecular flexibility index (Phi) is 3.83. The van der Waals surface area contributed by atoms with E-state index in [9.17, 15) is 0 Å². The minimum absolute atomic E-state index is 0.613. The molecule has 0 aromatic heterocycles. The third-order valence-electron chi connectivity index (χ3n) is 2.11. The van der Waals surface area contributed by atoms with Gasteiger partial charge in [0.25, 0.3) is 0 Å². The predicted molar refractivity (Wildman–Crippen MR) is 68.8 cm³/mol. The summed E-state index contributed by atoms with van der Waals surface area (Å²) in [6.07, 6.45) is 0. The molecule has 0 spiro atoms. The molecule has 16 heavy (non-hydrogen) atoms. The van der Waals surface area contributed by atoms with E-state index in [0.717, 1.165) is 15.7 Å². The van der Waals surface area contributed by atoms with Crippen LogP contribution < -0.4 is 0 Å². The monoisotopic (exact) mass is 274 g/mol. The highest BCUT2D eigenvalue weighted by atomic mass is 79.9. The van der Waals surface area contributed by atoms with Gasteiger partial charge in [-0.25, -0.2) is 0 Å². The molecule has 0 heterocycles. The topological polar surface area (TPSA) is 24.7 Å². The van der Waals surface area contributed by atoms with E-state index < -0.39 is 0 Å². The third kappa shape index (κ3) is 3.28. The minimum atomic E-state index is 0.613. The number of halogens is 1. The van der Waals surface area contributed by atoms with Crippen molar-refractivity contribution in [3.63, 3.8) is 0 Å². The lowest BCUT2D eigenvalue weighted by atomic mass is 10.2. The largest absolute Gasteiger partial charge is 0.184 e. The molecule has 2 aromatic carbocycles. The van der Waals surface area contributed by atoms with Crippen molar-refractivity contribution in [2.75, 3.05) is 0 Å². The van der Waals surface area contributed by atoms with Crippen LogP contribution in [0.25, 0.3) is 0 Å². The molecule has 2 nitrogen and oxygen atoms in total. The summed E-state index contributed by atoms with van der Waals surface area (Å²) in [6, 6.07) is 17.8. The van der Waals surface area contributed by atoms with Gasteiger partial charge >= 0.3 is 0 Å². The van der Waals surface area contributed by atoms with E-state index in [1.54, 1.807) is 0 Å². The molecule has 0 bridgehead atoms. The van der Waals surface area contributed by atoms with Gasteiger partial charge in [-0.1, -0.05) is 46.3 Å². The molecule has 0 aliphatic heterocycles. The van der Waals surface area contributed by atoms with Crippen molar-refractivity contribution in [2.45, 2.75) is 6.54 Å². The fourth-order valence-corrected chi connectivity index (χ4v) is 1.55. The fourth-order valence-electron chi connectivity index (χ4n) is 1.28. The highest BCUT2D eigenvalue weighted by molar-refractivity contribution is 9.10. The number of azo groups is 1. The molecule has 0 fully saturated rings. The van der Waals surface area contributed by atoms with Crippen LogP contribution in [-0.4, -0.2) is 0 Å². The van der Waals surface area contributed by atoms with E-state index in [1.165, 1.54) is 0 Å². The van der Waals surface area contributed by atoms with Gasteiger partial charge in [-0.05, 0) is 29.8 Å². The lowest BCUT2D eigenvalue weighted by molar-refractivity contribution is 0.959. The van der Waals surface area contributed by atoms with Crippen molar-refractivity contribution in [2.24, 2.45) is 10.2 Å². The van der Waals surface area contributed by atoms with Gasteiger partial charge in [0.2, 0.25) is 0 Å². The van der Waals surface area contributed by atoms with Crippen molar-refractivity contribution < 1.29 is 0 Å². The van der Waals surface area contributed by atoms with Crippen LogP contribution in [0.5, 0.6) is 0 Å². The molecule has 0 aliphatic carbocycles. The van der Waals surface area contributed by atoms with E-state index in [0.29, 0.717) is 6.54 Å². The van der Waals surface area contributed by atoms with E-state index in [-0.39, 0.29) is 0 Å². The van der Waals surface area contributed by atoms with Crippen LogP contribution in [-0.2, 0) is 6.54 Å². The molecule has 0 amide bonds. The Morgan fingerprint density at radius 1 is 0.875 bits per heavy atom. The summed E-state index contributed by atoms with van der Waals surface area (Å²) in [6.45, 7) is 0.613. The quantitative estimate of drug-likeness (QED) is 0.723. The van der Waals surface area contributed by atoms with Crippen LogP contribution in [0.3, 0.4) is 0 Å². The van der Waals surface area contributed by atoms with Gasteiger partial charge < -0.3 is 0 Å². The average molecular weight is 275 g/mol. The fraction of sp³-hybridized carbons (Fsp3) is 0.0769. The van der Waals surface area contributed by atoms with Crippen LogP contribution in [0.15, 0.2) is 69.3 Å². The first-order valence-corrected chi connectivity index (χ1v) is 5.81. The lowest BCUT2D eigenvalue weighted by Gasteiger charge is -1.95. The zero-order chi connectivity index (χ0) is 11.2. The highest BCUT2D eigenvalue weighted by Gasteiger charge is 1.91. The van der Waals surface area contributed by atoms with Crippen LogP contribution in [0.1, 0.15) is 5.56 Å². The number of hydrogen-bond acceptors (Lipinski definition) is 2. The highest BCUT2D eigenvalue weighted by Crippen LogP contribution is 2.13. The molecule has 0 unspecified atom stereocenters. The van der Waals surface area contributed by atoms with Crippen LogP contribution in [0, 0.1) is 0 Å².